The SMILES string of the molecule is Cc1ccc([C@@H](NC(=O)c2ccc(CN3CCOCC3)cc2)c2ccccc2)cc1. The minimum Gasteiger partial charge on any atom is -0.379 e. The summed E-state index contributed by atoms with van der Waals surface area (Å²) in [7, 11) is 0. The van der Waals surface area contributed by atoms with Crippen LogP contribution in [0.5, 0.6) is 0 Å². The van der Waals surface area contributed by atoms with Gasteiger partial charge in [0.15, 0.2) is 0 Å². The standard InChI is InChI=1S/C26H28N2O2/c1-20-7-11-23(12-8-20)25(22-5-3-2-4-6-22)27-26(29)24-13-9-21(10-14-24)19-28-15-17-30-18-16-28/h2-14,25H,15-19H2,1H3,(H,27,29)/t25-/m0/s1. The van der Waals surface area contributed by atoms with Crippen molar-refractivity contribution in [2.24, 2.45) is 0 Å². The number of aryl methyl sites for hydroxylation is 1. The molecule has 4 rings (SSSR count). The number of ether oxygens (including phenoxy) is 1. The van der Waals surface area contributed by atoms with Gasteiger partial charge in [-0.25, -0.2) is 0 Å². The van der Waals surface area contributed by atoms with Crippen LogP contribution in [0, 0.1) is 6.92 Å². The molecule has 3 aromatic carbocycles. The Morgan fingerprint density at radius 1 is 0.900 bits per heavy atom. The van der Waals surface area contributed by atoms with Crippen molar-refractivity contribution >= 4 is 5.91 Å². The average molecular weight is 401 g/mol. The number of hydrogen-bond donors (Lipinski definition) is 1. The van der Waals surface area contributed by atoms with Gasteiger partial charge in [-0.3, -0.25) is 9.69 Å². The molecule has 0 bridgehead atoms. The summed E-state index contributed by atoms with van der Waals surface area (Å²) in [5, 5.41) is 3.22. The quantitative estimate of drug-likeness (QED) is 0.669. The van der Waals surface area contributed by atoms with Crippen LogP contribution < -0.4 is 5.32 Å². The van der Waals surface area contributed by atoms with Gasteiger partial charge in [-0.15, -0.1) is 0 Å². The van der Waals surface area contributed by atoms with Crippen molar-refractivity contribution in [2.75, 3.05) is 26.3 Å². The van der Waals surface area contributed by atoms with Crippen LogP contribution in [0.2, 0.25) is 0 Å². The molecule has 1 N–H and O–H groups in total. The number of amides is 1. The highest BCUT2D eigenvalue weighted by Crippen LogP contribution is 2.23. The highest BCUT2D eigenvalue weighted by atomic mass is 16.5. The lowest BCUT2D eigenvalue weighted by Crippen LogP contribution is -2.35. The average Bonchev–Trinajstić information content (AvgIpc) is 2.80. The lowest BCUT2D eigenvalue weighted by molar-refractivity contribution is 0.0342. The van der Waals surface area contributed by atoms with Crippen molar-refractivity contribution < 1.29 is 9.53 Å². The van der Waals surface area contributed by atoms with Gasteiger partial charge in [0.2, 0.25) is 0 Å². The molecular formula is C26H28N2O2. The molecule has 1 aliphatic heterocycles. The molecule has 0 saturated carbocycles. The summed E-state index contributed by atoms with van der Waals surface area (Å²) in [5.74, 6) is -0.0673. The molecule has 4 nitrogen and oxygen atoms in total. The Hall–Kier alpha value is -2.95. The first-order valence-corrected chi connectivity index (χ1v) is 10.5. The van der Waals surface area contributed by atoms with E-state index in [1.54, 1.807) is 0 Å². The van der Waals surface area contributed by atoms with Crippen molar-refractivity contribution in [3.63, 3.8) is 0 Å². The van der Waals surface area contributed by atoms with Gasteiger partial charge in [0.05, 0.1) is 19.3 Å². The van der Waals surface area contributed by atoms with Crippen LogP contribution in [0.25, 0.3) is 0 Å². The third-order valence-corrected chi connectivity index (χ3v) is 5.55. The van der Waals surface area contributed by atoms with E-state index < -0.39 is 0 Å². The highest BCUT2D eigenvalue weighted by Gasteiger charge is 2.18. The molecular weight excluding hydrogens is 372 g/mol. The zero-order chi connectivity index (χ0) is 20.8. The minimum absolute atomic E-state index is 0.0673. The Bertz CT molecular complexity index is 947. The van der Waals surface area contributed by atoms with Crippen LogP contribution in [0.3, 0.4) is 0 Å². The molecule has 0 aromatic heterocycles. The topological polar surface area (TPSA) is 41.6 Å². The van der Waals surface area contributed by atoms with Crippen LogP contribution in [-0.4, -0.2) is 37.1 Å². The van der Waals surface area contributed by atoms with Crippen LogP contribution in [0.4, 0.5) is 0 Å². The van der Waals surface area contributed by atoms with Crippen LogP contribution >= 0.6 is 0 Å². The van der Waals surface area contributed by atoms with E-state index in [2.05, 4.69) is 53.5 Å². The predicted molar refractivity (Wildman–Crippen MR) is 119 cm³/mol. The Labute approximate surface area is 178 Å². The molecule has 1 aliphatic rings. The third-order valence-electron chi connectivity index (χ3n) is 5.55. The number of nitrogens with one attached hydrogen (secondary N) is 1. The Kier molecular flexibility index (Phi) is 6.57. The first kappa shape index (κ1) is 20.3. The second-order valence-corrected chi connectivity index (χ2v) is 7.81. The third kappa shape index (κ3) is 5.15. The minimum atomic E-state index is -0.188. The fourth-order valence-corrected chi connectivity index (χ4v) is 3.76. The number of hydrogen-bond acceptors (Lipinski definition) is 3. The molecule has 0 aliphatic carbocycles. The van der Waals surface area contributed by atoms with E-state index in [4.69, 9.17) is 4.74 Å². The Balaban J connectivity index is 1.48. The second-order valence-electron chi connectivity index (χ2n) is 7.81. The van der Waals surface area contributed by atoms with Gasteiger partial charge in [-0.1, -0.05) is 72.3 Å². The normalized spacial score (nSPS) is 15.5. The molecule has 1 amide bonds. The highest BCUT2D eigenvalue weighted by molar-refractivity contribution is 5.94. The zero-order valence-corrected chi connectivity index (χ0v) is 17.4. The molecule has 0 unspecified atom stereocenters. The van der Waals surface area contributed by atoms with Crippen molar-refractivity contribution in [1.82, 2.24) is 10.2 Å². The van der Waals surface area contributed by atoms with Gasteiger partial charge in [0, 0.05) is 25.2 Å². The summed E-state index contributed by atoms with van der Waals surface area (Å²) >= 11 is 0. The van der Waals surface area contributed by atoms with E-state index in [0.29, 0.717) is 5.56 Å². The monoisotopic (exact) mass is 400 g/mol. The fourth-order valence-electron chi connectivity index (χ4n) is 3.76. The lowest BCUT2D eigenvalue weighted by Gasteiger charge is -2.26. The molecule has 30 heavy (non-hydrogen) atoms. The maximum Gasteiger partial charge on any atom is 0.252 e. The first-order chi connectivity index (χ1) is 14.7. The second kappa shape index (κ2) is 9.70. The summed E-state index contributed by atoms with van der Waals surface area (Å²) in [4.78, 5) is 15.4. The maximum atomic E-state index is 13.0. The largest absolute Gasteiger partial charge is 0.379 e. The molecule has 154 valence electrons. The van der Waals surface area contributed by atoms with Gasteiger partial charge in [-0.05, 0) is 35.7 Å². The Morgan fingerprint density at radius 2 is 1.53 bits per heavy atom. The van der Waals surface area contributed by atoms with E-state index in [1.807, 2.05) is 42.5 Å². The summed E-state index contributed by atoms with van der Waals surface area (Å²) in [6.45, 7) is 6.45. The molecule has 0 spiro atoms. The fraction of sp³-hybridized carbons (Fsp3) is 0.269. The summed E-state index contributed by atoms with van der Waals surface area (Å²) in [6.07, 6.45) is 0. The number of benzene rings is 3. The van der Waals surface area contributed by atoms with Gasteiger partial charge >= 0.3 is 0 Å². The molecule has 1 atom stereocenters. The number of carbonyl (C=O) groups is 1. The van der Waals surface area contributed by atoms with Crippen molar-refractivity contribution in [3.8, 4) is 0 Å². The van der Waals surface area contributed by atoms with E-state index in [0.717, 1.165) is 44.0 Å². The number of morpholine rings is 1. The molecule has 3 aromatic rings. The number of nitrogens with zero attached hydrogens (tertiary/aromatic N) is 1. The van der Waals surface area contributed by atoms with Crippen LogP contribution in [0.15, 0.2) is 78.9 Å². The summed E-state index contributed by atoms with van der Waals surface area (Å²) in [6, 6.07) is 26.2. The van der Waals surface area contributed by atoms with E-state index in [9.17, 15) is 4.79 Å². The summed E-state index contributed by atoms with van der Waals surface area (Å²) in [5.41, 5.74) is 5.23. The van der Waals surface area contributed by atoms with Crippen molar-refractivity contribution in [2.45, 2.75) is 19.5 Å². The smallest absolute Gasteiger partial charge is 0.252 e. The van der Waals surface area contributed by atoms with E-state index in [1.165, 1.54) is 11.1 Å². The van der Waals surface area contributed by atoms with Crippen molar-refractivity contribution in [3.05, 3.63) is 107 Å². The first-order valence-electron chi connectivity index (χ1n) is 10.5. The summed E-state index contributed by atoms with van der Waals surface area (Å²) < 4.78 is 5.41. The maximum absolute atomic E-state index is 13.0. The lowest BCUT2D eigenvalue weighted by atomic mass is 9.97. The molecule has 1 saturated heterocycles. The number of carbonyl (C=O) groups excluding carboxylic acids is 1. The molecule has 1 fully saturated rings. The molecule has 4 heteroatoms. The van der Waals surface area contributed by atoms with Crippen molar-refractivity contribution in [1.29, 1.82) is 0 Å². The van der Waals surface area contributed by atoms with Gasteiger partial charge in [-0.2, -0.15) is 0 Å². The van der Waals surface area contributed by atoms with Crippen LogP contribution in [0.1, 0.15) is 38.7 Å². The molecule has 1 heterocycles. The zero-order valence-electron chi connectivity index (χ0n) is 17.4. The van der Waals surface area contributed by atoms with E-state index in [-0.39, 0.29) is 11.9 Å². The van der Waals surface area contributed by atoms with E-state index >= 15 is 0 Å². The number of rotatable bonds is 6. The van der Waals surface area contributed by atoms with Crippen LogP contribution in [-0.2, 0) is 11.3 Å². The van der Waals surface area contributed by atoms with Gasteiger partial charge in [0.25, 0.3) is 5.91 Å². The Morgan fingerprint density at radius 3 is 2.20 bits per heavy atom. The van der Waals surface area contributed by atoms with Gasteiger partial charge < -0.3 is 10.1 Å². The predicted octanol–water partition coefficient (Wildman–Crippen LogP) is 4.35. The molecule has 0 radical (unpaired) electrons. The van der Waals surface area contributed by atoms with Gasteiger partial charge in [0.1, 0.15) is 0 Å².